The zero-order chi connectivity index (χ0) is 17.1. The van der Waals surface area contributed by atoms with Gasteiger partial charge in [0, 0.05) is 24.5 Å². The maximum Gasteiger partial charge on any atom is 0.273 e. The highest BCUT2D eigenvalue weighted by molar-refractivity contribution is 5.91. The van der Waals surface area contributed by atoms with E-state index in [0.717, 1.165) is 42.5 Å². The highest BCUT2D eigenvalue weighted by atomic mass is 16.2. The second-order valence-electron chi connectivity index (χ2n) is 6.59. The quantitative estimate of drug-likeness (QED) is 0.889. The molecular formula is C17H24N6O. The van der Waals surface area contributed by atoms with Gasteiger partial charge in [0.05, 0.1) is 12.2 Å². The Kier molecular flexibility index (Phi) is 4.89. The molecule has 128 valence electrons. The first-order valence-corrected chi connectivity index (χ1v) is 8.40. The molecule has 1 aliphatic rings. The largest absolute Gasteiger partial charge is 0.346 e. The molecule has 0 atom stereocenters. The van der Waals surface area contributed by atoms with Gasteiger partial charge in [0.25, 0.3) is 5.91 Å². The summed E-state index contributed by atoms with van der Waals surface area (Å²) in [6, 6.07) is 2.59. The van der Waals surface area contributed by atoms with E-state index in [1.54, 1.807) is 17.1 Å². The van der Waals surface area contributed by atoms with Crippen molar-refractivity contribution in [1.82, 2.24) is 25.3 Å². The van der Waals surface area contributed by atoms with E-state index in [2.05, 4.69) is 20.6 Å². The summed E-state index contributed by atoms with van der Waals surface area (Å²) < 4.78 is 1.81. The smallest absolute Gasteiger partial charge is 0.273 e. The van der Waals surface area contributed by atoms with Crippen molar-refractivity contribution in [1.29, 1.82) is 0 Å². The van der Waals surface area contributed by atoms with Crippen molar-refractivity contribution in [3.05, 3.63) is 41.0 Å². The van der Waals surface area contributed by atoms with Crippen LogP contribution in [0.4, 0.5) is 0 Å². The Bertz CT molecular complexity index is 718. The maximum absolute atomic E-state index is 12.3. The number of rotatable bonds is 4. The Labute approximate surface area is 141 Å². The topological polar surface area (TPSA) is 98.7 Å². The molecule has 0 saturated heterocycles. The van der Waals surface area contributed by atoms with Crippen LogP contribution in [0, 0.1) is 13.8 Å². The molecule has 0 spiro atoms. The minimum absolute atomic E-state index is 0.214. The summed E-state index contributed by atoms with van der Waals surface area (Å²) in [4.78, 5) is 16.5. The lowest BCUT2D eigenvalue weighted by Crippen LogP contribution is -2.28. The number of nitrogens with one attached hydrogen (secondary N) is 1. The maximum atomic E-state index is 12.3. The third kappa shape index (κ3) is 3.79. The van der Waals surface area contributed by atoms with Crippen LogP contribution in [0.5, 0.6) is 0 Å². The number of carbonyl (C=O) groups excluding carboxylic acids is 1. The number of aryl methyl sites for hydroxylation is 2. The van der Waals surface area contributed by atoms with Crippen LogP contribution < -0.4 is 11.1 Å². The van der Waals surface area contributed by atoms with Crippen molar-refractivity contribution < 1.29 is 4.79 Å². The van der Waals surface area contributed by atoms with Crippen LogP contribution in [-0.2, 0) is 6.54 Å². The van der Waals surface area contributed by atoms with E-state index >= 15 is 0 Å². The summed E-state index contributed by atoms with van der Waals surface area (Å²) in [6.45, 7) is 4.40. The molecule has 24 heavy (non-hydrogen) atoms. The molecule has 7 nitrogen and oxygen atoms in total. The Morgan fingerprint density at radius 3 is 2.79 bits per heavy atom. The van der Waals surface area contributed by atoms with Crippen LogP contribution in [-0.4, -0.2) is 31.9 Å². The normalized spacial score (nSPS) is 20.8. The summed E-state index contributed by atoms with van der Waals surface area (Å²) in [5.74, 6) is -0.214. The summed E-state index contributed by atoms with van der Waals surface area (Å²) in [5, 5.41) is 11.0. The number of hydrogen-bond donors (Lipinski definition) is 2. The number of hydrogen-bond acceptors (Lipinski definition) is 5. The average molecular weight is 328 g/mol. The van der Waals surface area contributed by atoms with Crippen molar-refractivity contribution >= 4 is 5.91 Å². The Morgan fingerprint density at radius 1 is 1.33 bits per heavy atom. The van der Waals surface area contributed by atoms with E-state index in [-0.39, 0.29) is 5.91 Å². The van der Waals surface area contributed by atoms with Crippen LogP contribution >= 0.6 is 0 Å². The minimum atomic E-state index is -0.214. The van der Waals surface area contributed by atoms with Gasteiger partial charge in [-0.05, 0) is 56.7 Å². The minimum Gasteiger partial charge on any atom is -0.346 e. The van der Waals surface area contributed by atoms with E-state index in [4.69, 9.17) is 5.73 Å². The van der Waals surface area contributed by atoms with Gasteiger partial charge in [0.1, 0.15) is 0 Å². The van der Waals surface area contributed by atoms with Gasteiger partial charge < -0.3 is 11.1 Å². The first kappa shape index (κ1) is 16.6. The lowest BCUT2D eigenvalue weighted by Gasteiger charge is -2.25. The fourth-order valence-electron chi connectivity index (χ4n) is 3.10. The zero-order valence-corrected chi connectivity index (χ0v) is 14.2. The average Bonchev–Trinajstić information content (AvgIpc) is 3.04. The number of amides is 1. The predicted octanol–water partition coefficient (Wildman–Crippen LogP) is 1.66. The molecule has 7 heteroatoms. The van der Waals surface area contributed by atoms with Crippen molar-refractivity contribution in [3.63, 3.8) is 0 Å². The predicted molar refractivity (Wildman–Crippen MR) is 90.4 cm³/mol. The fourth-order valence-corrected chi connectivity index (χ4v) is 3.10. The van der Waals surface area contributed by atoms with Crippen molar-refractivity contribution in [2.75, 3.05) is 0 Å². The number of nitrogens with two attached hydrogens (primary N) is 1. The van der Waals surface area contributed by atoms with E-state index in [0.29, 0.717) is 24.3 Å². The molecular weight excluding hydrogens is 304 g/mol. The van der Waals surface area contributed by atoms with Gasteiger partial charge in [0.15, 0.2) is 5.69 Å². The van der Waals surface area contributed by atoms with Gasteiger partial charge in [-0.15, -0.1) is 5.10 Å². The van der Waals surface area contributed by atoms with Gasteiger partial charge in [-0.2, -0.15) is 0 Å². The first-order chi connectivity index (χ1) is 11.5. The molecule has 0 radical (unpaired) electrons. The lowest BCUT2D eigenvalue weighted by molar-refractivity contribution is 0.0945. The van der Waals surface area contributed by atoms with E-state index < -0.39 is 0 Å². The van der Waals surface area contributed by atoms with Gasteiger partial charge in [-0.3, -0.25) is 9.78 Å². The molecule has 3 rings (SSSR count). The lowest BCUT2D eigenvalue weighted by atomic mass is 9.92. The molecule has 0 aromatic carbocycles. The van der Waals surface area contributed by atoms with Crippen molar-refractivity contribution in [2.45, 2.75) is 58.2 Å². The van der Waals surface area contributed by atoms with Gasteiger partial charge in [-0.1, -0.05) is 5.21 Å². The molecule has 0 aliphatic heterocycles. The number of aromatic nitrogens is 4. The van der Waals surface area contributed by atoms with Crippen LogP contribution in [0.25, 0.3) is 0 Å². The molecule has 1 amide bonds. The number of pyridine rings is 1. The highest BCUT2D eigenvalue weighted by Crippen LogP contribution is 2.26. The molecule has 0 bridgehead atoms. The van der Waals surface area contributed by atoms with Gasteiger partial charge in [-0.25, -0.2) is 4.68 Å². The molecule has 1 fully saturated rings. The molecule has 0 unspecified atom stereocenters. The summed E-state index contributed by atoms with van der Waals surface area (Å²) in [6.07, 6.45) is 7.49. The Hall–Kier alpha value is -2.28. The third-order valence-electron chi connectivity index (χ3n) is 4.65. The fraction of sp³-hybridized carbons (Fsp3) is 0.529. The van der Waals surface area contributed by atoms with E-state index in [1.165, 1.54) is 0 Å². The van der Waals surface area contributed by atoms with E-state index in [1.807, 2.05) is 19.9 Å². The monoisotopic (exact) mass is 328 g/mol. The summed E-state index contributed by atoms with van der Waals surface area (Å²) in [5.41, 5.74) is 9.37. The first-order valence-electron chi connectivity index (χ1n) is 8.40. The molecule has 1 aliphatic carbocycles. The van der Waals surface area contributed by atoms with Gasteiger partial charge in [0.2, 0.25) is 0 Å². The molecule has 2 heterocycles. The molecule has 2 aromatic rings. The molecule has 2 aromatic heterocycles. The van der Waals surface area contributed by atoms with Crippen molar-refractivity contribution in [3.8, 4) is 0 Å². The highest BCUT2D eigenvalue weighted by Gasteiger charge is 2.22. The number of nitrogens with zero attached hydrogens (tertiary/aromatic N) is 4. The standard InChI is InChI=1S/C17H24N6O/c1-11-7-12(2)19-8-13(11)9-20-17(24)16-10-23(22-21-16)15-5-3-14(18)4-6-15/h7-8,10,14-15H,3-6,9,18H2,1-2H3,(H,20,24). The van der Waals surface area contributed by atoms with Crippen LogP contribution in [0.15, 0.2) is 18.5 Å². The van der Waals surface area contributed by atoms with Gasteiger partial charge >= 0.3 is 0 Å². The number of carbonyl (C=O) groups is 1. The summed E-state index contributed by atoms with van der Waals surface area (Å²) in [7, 11) is 0. The molecule has 3 N–H and O–H groups in total. The SMILES string of the molecule is Cc1cc(C)c(CNC(=O)c2cn(C3CCC(N)CC3)nn2)cn1. The second-order valence-corrected chi connectivity index (χ2v) is 6.59. The van der Waals surface area contributed by atoms with E-state index in [9.17, 15) is 4.79 Å². The van der Waals surface area contributed by atoms with Crippen LogP contribution in [0.1, 0.15) is 59.0 Å². The third-order valence-corrected chi connectivity index (χ3v) is 4.65. The summed E-state index contributed by atoms with van der Waals surface area (Å²) >= 11 is 0. The zero-order valence-electron chi connectivity index (χ0n) is 14.2. The van der Waals surface area contributed by atoms with Crippen LogP contribution in [0.3, 0.4) is 0 Å². The van der Waals surface area contributed by atoms with Crippen molar-refractivity contribution in [2.24, 2.45) is 5.73 Å². The van der Waals surface area contributed by atoms with Crippen LogP contribution in [0.2, 0.25) is 0 Å². The second kappa shape index (κ2) is 7.09. The molecule has 1 saturated carbocycles. The Balaban J connectivity index is 1.59. The Morgan fingerprint density at radius 2 is 2.08 bits per heavy atom.